The number of carbonyl (C=O) groups is 1. The van der Waals surface area contributed by atoms with Crippen LogP contribution in [-0.4, -0.2) is 18.0 Å². The Bertz CT molecular complexity index is 897. The number of halogens is 2. The van der Waals surface area contributed by atoms with Gasteiger partial charge in [0.05, 0.1) is 35.1 Å². The highest BCUT2D eigenvalue weighted by atomic mass is 35.5. The van der Waals surface area contributed by atoms with Crippen molar-refractivity contribution in [3.8, 4) is 5.75 Å². The number of anilines is 1. The van der Waals surface area contributed by atoms with Gasteiger partial charge in [-0.3, -0.25) is 9.78 Å². The quantitative estimate of drug-likeness (QED) is 0.740. The van der Waals surface area contributed by atoms with Gasteiger partial charge in [-0.2, -0.15) is 0 Å². The first-order valence-corrected chi connectivity index (χ1v) is 7.52. The van der Waals surface area contributed by atoms with Crippen molar-refractivity contribution in [3.63, 3.8) is 0 Å². The third kappa shape index (κ3) is 3.38. The van der Waals surface area contributed by atoms with Crippen LogP contribution < -0.4 is 10.1 Å². The number of hydrogen-bond acceptors (Lipinski definition) is 3. The van der Waals surface area contributed by atoms with E-state index in [9.17, 15) is 4.79 Å². The summed E-state index contributed by atoms with van der Waals surface area (Å²) < 4.78 is 5.16. The van der Waals surface area contributed by atoms with Crippen molar-refractivity contribution in [1.29, 1.82) is 0 Å². The fraction of sp³-hybridized carbons (Fsp3) is 0.0588. The Kier molecular flexibility index (Phi) is 4.37. The number of amides is 1. The molecule has 1 heterocycles. The minimum Gasteiger partial charge on any atom is -0.497 e. The van der Waals surface area contributed by atoms with Crippen molar-refractivity contribution in [2.45, 2.75) is 0 Å². The zero-order valence-corrected chi connectivity index (χ0v) is 13.7. The predicted octanol–water partition coefficient (Wildman–Crippen LogP) is 4.80. The highest BCUT2D eigenvalue weighted by Crippen LogP contribution is 2.24. The number of carbonyl (C=O) groups excluding carboxylic acids is 1. The molecule has 23 heavy (non-hydrogen) atoms. The summed E-state index contributed by atoms with van der Waals surface area (Å²) >= 11 is 11.9. The molecule has 0 aliphatic rings. The Morgan fingerprint density at radius 3 is 2.70 bits per heavy atom. The van der Waals surface area contributed by atoms with Crippen LogP contribution in [0.2, 0.25) is 10.0 Å². The van der Waals surface area contributed by atoms with Gasteiger partial charge in [-0.25, -0.2) is 0 Å². The average molecular weight is 347 g/mol. The van der Waals surface area contributed by atoms with Gasteiger partial charge in [0.15, 0.2) is 0 Å². The number of rotatable bonds is 3. The van der Waals surface area contributed by atoms with E-state index in [2.05, 4.69) is 10.3 Å². The maximum atomic E-state index is 12.3. The Balaban J connectivity index is 1.87. The molecule has 0 atom stereocenters. The van der Waals surface area contributed by atoms with E-state index in [1.807, 2.05) is 24.3 Å². The first-order valence-electron chi connectivity index (χ1n) is 6.77. The van der Waals surface area contributed by atoms with E-state index in [1.165, 1.54) is 6.07 Å². The van der Waals surface area contributed by atoms with Gasteiger partial charge < -0.3 is 10.1 Å². The molecule has 6 heteroatoms. The van der Waals surface area contributed by atoms with E-state index in [0.29, 0.717) is 21.3 Å². The maximum absolute atomic E-state index is 12.3. The molecule has 0 bridgehead atoms. The van der Waals surface area contributed by atoms with Crippen molar-refractivity contribution in [2.75, 3.05) is 12.4 Å². The van der Waals surface area contributed by atoms with Gasteiger partial charge in [-0.05, 0) is 36.4 Å². The molecule has 0 spiro atoms. The molecule has 1 N–H and O–H groups in total. The normalized spacial score (nSPS) is 10.6. The molecular formula is C17H12Cl2N2O2. The third-order valence-electron chi connectivity index (χ3n) is 3.32. The number of pyridine rings is 1. The molecular weight excluding hydrogens is 335 g/mol. The van der Waals surface area contributed by atoms with Crippen LogP contribution >= 0.6 is 23.2 Å². The van der Waals surface area contributed by atoms with Gasteiger partial charge >= 0.3 is 0 Å². The zero-order valence-electron chi connectivity index (χ0n) is 12.1. The van der Waals surface area contributed by atoms with Crippen molar-refractivity contribution in [3.05, 3.63) is 64.3 Å². The summed E-state index contributed by atoms with van der Waals surface area (Å²) in [7, 11) is 1.60. The van der Waals surface area contributed by atoms with Crippen LogP contribution in [0.15, 0.2) is 48.7 Å². The molecule has 0 saturated heterocycles. The van der Waals surface area contributed by atoms with Crippen LogP contribution in [0.5, 0.6) is 5.75 Å². The number of nitrogens with one attached hydrogen (secondary N) is 1. The first-order chi connectivity index (χ1) is 11.1. The van der Waals surface area contributed by atoms with Crippen molar-refractivity contribution >= 4 is 45.7 Å². The second kappa shape index (κ2) is 6.44. The number of nitrogens with zero attached hydrogens (tertiary/aromatic N) is 1. The molecule has 0 aliphatic heterocycles. The monoisotopic (exact) mass is 346 g/mol. The van der Waals surface area contributed by atoms with Crippen LogP contribution in [0.25, 0.3) is 10.9 Å². The predicted molar refractivity (Wildman–Crippen MR) is 92.7 cm³/mol. The third-order valence-corrected chi connectivity index (χ3v) is 3.87. The number of hydrogen-bond donors (Lipinski definition) is 1. The van der Waals surface area contributed by atoms with E-state index in [1.54, 1.807) is 25.4 Å². The summed E-state index contributed by atoms with van der Waals surface area (Å²) in [5.41, 5.74) is 1.72. The summed E-state index contributed by atoms with van der Waals surface area (Å²) in [4.78, 5) is 16.6. The smallest absolute Gasteiger partial charge is 0.257 e. The van der Waals surface area contributed by atoms with Crippen LogP contribution in [-0.2, 0) is 0 Å². The fourth-order valence-corrected chi connectivity index (χ4v) is 2.66. The maximum Gasteiger partial charge on any atom is 0.257 e. The van der Waals surface area contributed by atoms with Crippen LogP contribution in [0.3, 0.4) is 0 Å². The lowest BCUT2D eigenvalue weighted by Gasteiger charge is -2.08. The molecule has 1 amide bonds. The van der Waals surface area contributed by atoms with Gasteiger partial charge in [-0.1, -0.05) is 23.2 Å². The van der Waals surface area contributed by atoms with Crippen LogP contribution in [0, 0.1) is 0 Å². The molecule has 3 aromatic rings. The lowest BCUT2D eigenvalue weighted by molar-refractivity contribution is 0.102. The van der Waals surface area contributed by atoms with Gasteiger partial charge in [0.25, 0.3) is 5.91 Å². The summed E-state index contributed by atoms with van der Waals surface area (Å²) in [6.07, 6.45) is 1.59. The Morgan fingerprint density at radius 1 is 1.13 bits per heavy atom. The molecule has 3 rings (SSSR count). The Hall–Kier alpha value is -2.30. The first kappa shape index (κ1) is 15.6. The summed E-state index contributed by atoms with van der Waals surface area (Å²) in [5, 5.41) is 4.45. The van der Waals surface area contributed by atoms with Crippen LogP contribution in [0.1, 0.15) is 10.4 Å². The molecule has 0 aliphatic carbocycles. The second-order valence-electron chi connectivity index (χ2n) is 4.86. The van der Waals surface area contributed by atoms with Gasteiger partial charge in [0.2, 0.25) is 0 Å². The SMILES string of the molecule is COc1ccc2cc(NC(=O)c3ccc(Cl)cc3Cl)cnc2c1. The van der Waals surface area contributed by atoms with Crippen molar-refractivity contribution in [2.24, 2.45) is 0 Å². The lowest BCUT2D eigenvalue weighted by atomic mass is 10.2. The average Bonchev–Trinajstić information content (AvgIpc) is 2.54. The summed E-state index contributed by atoms with van der Waals surface area (Å²) in [5.74, 6) is 0.413. The molecule has 4 nitrogen and oxygen atoms in total. The van der Waals surface area contributed by atoms with E-state index in [0.717, 1.165) is 16.7 Å². The van der Waals surface area contributed by atoms with Gasteiger partial charge in [-0.15, -0.1) is 0 Å². The highest BCUT2D eigenvalue weighted by molar-refractivity contribution is 6.37. The van der Waals surface area contributed by atoms with Gasteiger partial charge in [0.1, 0.15) is 5.75 Å². The molecule has 2 aromatic carbocycles. The number of ether oxygens (including phenoxy) is 1. The van der Waals surface area contributed by atoms with E-state index in [-0.39, 0.29) is 5.91 Å². The molecule has 0 radical (unpaired) electrons. The summed E-state index contributed by atoms with van der Waals surface area (Å²) in [6.45, 7) is 0. The standard InChI is InChI=1S/C17H12Cl2N2O2/c1-23-13-4-2-10-6-12(9-20-16(10)8-13)21-17(22)14-5-3-11(18)7-15(14)19/h2-9H,1H3,(H,21,22). The highest BCUT2D eigenvalue weighted by Gasteiger charge is 2.11. The van der Waals surface area contributed by atoms with Gasteiger partial charge in [0, 0.05) is 16.5 Å². The number of aromatic nitrogens is 1. The minimum atomic E-state index is -0.318. The van der Waals surface area contributed by atoms with E-state index < -0.39 is 0 Å². The number of methoxy groups -OCH3 is 1. The Morgan fingerprint density at radius 2 is 1.96 bits per heavy atom. The topological polar surface area (TPSA) is 51.2 Å². The van der Waals surface area contributed by atoms with E-state index >= 15 is 0 Å². The largest absolute Gasteiger partial charge is 0.497 e. The molecule has 1 aromatic heterocycles. The summed E-state index contributed by atoms with van der Waals surface area (Å²) in [6, 6.07) is 12.1. The lowest BCUT2D eigenvalue weighted by Crippen LogP contribution is -2.12. The molecule has 0 unspecified atom stereocenters. The van der Waals surface area contributed by atoms with E-state index in [4.69, 9.17) is 27.9 Å². The molecule has 0 fully saturated rings. The molecule has 0 saturated carbocycles. The minimum absolute atomic E-state index is 0.300. The zero-order chi connectivity index (χ0) is 16.4. The Labute approximate surface area is 143 Å². The number of fused-ring (bicyclic) bond motifs is 1. The number of benzene rings is 2. The van der Waals surface area contributed by atoms with Crippen molar-refractivity contribution < 1.29 is 9.53 Å². The van der Waals surface area contributed by atoms with Crippen LogP contribution in [0.4, 0.5) is 5.69 Å². The van der Waals surface area contributed by atoms with Crippen molar-refractivity contribution in [1.82, 2.24) is 4.98 Å². The fourth-order valence-electron chi connectivity index (χ4n) is 2.17. The second-order valence-corrected chi connectivity index (χ2v) is 5.70. The molecule has 116 valence electrons.